The predicted molar refractivity (Wildman–Crippen MR) is 211 cm³/mol. The number of hydrogen-bond donors (Lipinski definition) is 4. The highest BCUT2D eigenvalue weighted by atomic mass is 32.2. The number of fused-ring (bicyclic) bond motifs is 1. The van der Waals surface area contributed by atoms with Gasteiger partial charge in [-0.05, 0) is 102 Å². The third kappa shape index (κ3) is 9.92. The van der Waals surface area contributed by atoms with Gasteiger partial charge in [-0.25, -0.2) is 17.9 Å². The zero-order valence-corrected chi connectivity index (χ0v) is 33.6. The van der Waals surface area contributed by atoms with E-state index in [1.54, 1.807) is 13.8 Å². The smallest absolute Gasteiger partial charge is 0.407 e. The van der Waals surface area contributed by atoms with Gasteiger partial charge in [0.2, 0.25) is 11.9 Å². The summed E-state index contributed by atoms with van der Waals surface area (Å²) in [4.78, 5) is 33.5. The largest absolute Gasteiger partial charge is 0.487 e. The minimum atomic E-state index is -4.05. The van der Waals surface area contributed by atoms with Crippen molar-refractivity contribution in [2.75, 3.05) is 13.1 Å². The van der Waals surface area contributed by atoms with E-state index < -0.39 is 39.4 Å². The molecule has 12 nitrogen and oxygen atoms in total. The number of carbonyl (C=O) groups excluding carboxylic acids is 2. The number of ether oxygens (including phenoxy) is 2. The number of guanidine groups is 1. The number of hydrogen-bond acceptors (Lipinski definition) is 8. The Hall–Kier alpha value is -4.62. The zero-order valence-electron chi connectivity index (χ0n) is 32.8. The van der Waals surface area contributed by atoms with Gasteiger partial charge >= 0.3 is 6.09 Å². The molecule has 0 saturated carbocycles. The van der Waals surface area contributed by atoms with Crippen LogP contribution < -0.4 is 25.8 Å². The number of amides is 2. The Kier molecular flexibility index (Phi) is 12.3. The molecule has 2 aliphatic heterocycles. The van der Waals surface area contributed by atoms with Crippen molar-refractivity contribution in [1.29, 1.82) is 0 Å². The SMILES string of the molecule is Cc1c(C)c(S(=O)(=O)NC(N)=NCCC[C@H]2C(=O)NC[C@@H]([C@H](Cc3ccccc3)NC(=O)OC(C)(C)C)N2Cc2ccccc2)c(C)c2c1OC(C)(C)C2. The Balaban J connectivity index is 1.34. The van der Waals surface area contributed by atoms with Gasteiger partial charge in [0.05, 0.1) is 17.0 Å². The quantitative estimate of drug-likeness (QED) is 0.111. The van der Waals surface area contributed by atoms with E-state index >= 15 is 0 Å². The highest BCUT2D eigenvalue weighted by molar-refractivity contribution is 7.90. The molecular weight excluding hydrogens is 705 g/mol. The van der Waals surface area contributed by atoms with E-state index in [-0.39, 0.29) is 29.3 Å². The predicted octanol–water partition coefficient (Wildman–Crippen LogP) is 5.20. The monoisotopic (exact) mass is 760 g/mol. The first-order valence-electron chi connectivity index (χ1n) is 18.6. The van der Waals surface area contributed by atoms with Gasteiger partial charge in [-0.15, -0.1) is 0 Å². The van der Waals surface area contributed by atoms with E-state index in [2.05, 4.69) is 25.2 Å². The van der Waals surface area contributed by atoms with Crippen LogP contribution in [0.15, 0.2) is 70.6 Å². The molecule has 3 aromatic carbocycles. The molecule has 0 aliphatic carbocycles. The number of piperazine rings is 1. The van der Waals surface area contributed by atoms with Crippen molar-refractivity contribution in [2.24, 2.45) is 10.7 Å². The summed E-state index contributed by atoms with van der Waals surface area (Å²) in [5.41, 5.74) is 10.1. The molecule has 0 radical (unpaired) electrons. The summed E-state index contributed by atoms with van der Waals surface area (Å²) in [6.45, 7) is 15.9. The number of alkyl carbamates (subject to hydrolysis) is 1. The highest BCUT2D eigenvalue weighted by Gasteiger charge is 2.41. The number of aliphatic imine (C=N–C) groups is 1. The molecular formula is C41H56N6O6S. The van der Waals surface area contributed by atoms with Crippen molar-refractivity contribution < 1.29 is 27.5 Å². The first-order chi connectivity index (χ1) is 25.3. The van der Waals surface area contributed by atoms with Gasteiger partial charge in [0.15, 0.2) is 0 Å². The highest BCUT2D eigenvalue weighted by Crippen LogP contribution is 2.43. The summed E-state index contributed by atoms with van der Waals surface area (Å²) in [5, 5.41) is 6.21. The maximum absolute atomic E-state index is 13.7. The standard InChI is InChI=1S/C41H56N6O6S/c1-26-27(2)36(28(3)31-23-41(7,8)52-35(26)31)54(50,51)46-38(42)43-21-15-20-33-37(48)44-24-34(47(33)25-30-18-13-10-14-19-30)32(22-29-16-11-9-12-17-29)45-39(49)53-40(4,5)6/h9-14,16-19,32-34H,15,20-25H2,1-8H3,(H,44,48)(H,45,49)(H3,42,43,46)/t32-,33-,34-/m0/s1. The number of nitrogens with zero attached hydrogens (tertiary/aromatic N) is 2. The van der Waals surface area contributed by atoms with E-state index in [4.69, 9.17) is 15.2 Å². The number of rotatable bonds is 12. The van der Waals surface area contributed by atoms with Crippen LogP contribution in [0.4, 0.5) is 4.79 Å². The van der Waals surface area contributed by atoms with Gasteiger partial charge in [-0.1, -0.05) is 60.7 Å². The van der Waals surface area contributed by atoms with Crippen LogP contribution in [0.3, 0.4) is 0 Å². The number of sulfonamides is 1. The number of carbonyl (C=O) groups is 2. The minimum absolute atomic E-state index is 0.124. The van der Waals surface area contributed by atoms with Crippen LogP contribution in [0.25, 0.3) is 0 Å². The molecule has 5 N–H and O–H groups in total. The second-order valence-electron chi connectivity index (χ2n) is 16.0. The molecule has 1 saturated heterocycles. The summed E-state index contributed by atoms with van der Waals surface area (Å²) in [5.74, 6) is 0.402. The Labute approximate surface area is 320 Å². The Morgan fingerprint density at radius 2 is 1.67 bits per heavy atom. The summed E-state index contributed by atoms with van der Waals surface area (Å²) < 4.78 is 41.7. The van der Waals surface area contributed by atoms with Gasteiger partial charge in [0.1, 0.15) is 17.0 Å². The molecule has 1 fully saturated rings. The lowest BCUT2D eigenvalue weighted by Gasteiger charge is -2.45. The topological polar surface area (TPSA) is 164 Å². The van der Waals surface area contributed by atoms with Crippen molar-refractivity contribution in [1.82, 2.24) is 20.3 Å². The molecule has 0 spiro atoms. The molecule has 2 amide bonds. The maximum Gasteiger partial charge on any atom is 0.407 e. The third-order valence-corrected chi connectivity index (χ3v) is 11.6. The number of benzene rings is 3. The fourth-order valence-corrected chi connectivity index (χ4v) is 9.00. The fraction of sp³-hybridized carbons (Fsp3) is 0.488. The first-order valence-corrected chi connectivity index (χ1v) is 20.1. The zero-order chi connectivity index (χ0) is 39.4. The summed E-state index contributed by atoms with van der Waals surface area (Å²) >= 11 is 0. The van der Waals surface area contributed by atoms with Crippen molar-refractivity contribution in [3.8, 4) is 5.75 Å². The normalized spacial score (nSPS) is 19.3. The lowest BCUT2D eigenvalue weighted by molar-refractivity contribution is -0.132. The molecule has 3 atom stereocenters. The van der Waals surface area contributed by atoms with Crippen LogP contribution in [-0.2, 0) is 38.9 Å². The molecule has 13 heteroatoms. The molecule has 0 unspecified atom stereocenters. The van der Waals surface area contributed by atoms with E-state index in [0.717, 1.165) is 28.0 Å². The lowest BCUT2D eigenvalue weighted by Crippen LogP contribution is -2.66. The second-order valence-corrected chi connectivity index (χ2v) is 17.6. The van der Waals surface area contributed by atoms with Gasteiger partial charge in [0.25, 0.3) is 10.0 Å². The van der Waals surface area contributed by atoms with Gasteiger partial charge in [0, 0.05) is 37.7 Å². The minimum Gasteiger partial charge on any atom is -0.487 e. The van der Waals surface area contributed by atoms with Gasteiger partial charge < -0.3 is 25.8 Å². The number of nitrogens with one attached hydrogen (secondary N) is 3. The second kappa shape index (κ2) is 16.4. The van der Waals surface area contributed by atoms with Gasteiger partial charge in [-0.2, -0.15) is 0 Å². The molecule has 2 aliphatic rings. The molecule has 0 aromatic heterocycles. The van der Waals surface area contributed by atoms with Crippen LogP contribution in [0.1, 0.15) is 80.8 Å². The van der Waals surface area contributed by atoms with E-state index in [9.17, 15) is 18.0 Å². The van der Waals surface area contributed by atoms with Crippen molar-refractivity contribution in [2.45, 2.75) is 122 Å². The van der Waals surface area contributed by atoms with Crippen LogP contribution in [0, 0.1) is 20.8 Å². The molecule has 292 valence electrons. The Morgan fingerprint density at radius 3 is 2.30 bits per heavy atom. The average Bonchev–Trinajstić information content (AvgIpc) is 3.42. The van der Waals surface area contributed by atoms with Crippen molar-refractivity contribution in [3.05, 3.63) is 94.0 Å². The Bertz CT molecular complexity index is 1960. The third-order valence-electron chi connectivity index (χ3n) is 10.0. The van der Waals surface area contributed by atoms with Crippen LogP contribution in [-0.4, -0.2) is 73.7 Å². The van der Waals surface area contributed by atoms with Crippen LogP contribution in [0.2, 0.25) is 0 Å². The van der Waals surface area contributed by atoms with Gasteiger partial charge in [-0.3, -0.25) is 14.7 Å². The van der Waals surface area contributed by atoms with Crippen LogP contribution >= 0.6 is 0 Å². The Morgan fingerprint density at radius 1 is 1.04 bits per heavy atom. The summed E-state index contributed by atoms with van der Waals surface area (Å²) in [7, 11) is -4.05. The first kappa shape index (κ1) is 40.6. The lowest BCUT2D eigenvalue weighted by atomic mass is 9.92. The maximum atomic E-state index is 13.7. The van der Waals surface area contributed by atoms with E-state index in [1.165, 1.54) is 0 Å². The molecule has 54 heavy (non-hydrogen) atoms. The van der Waals surface area contributed by atoms with Crippen molar-refractivity contribution >= 4 is 28.0 Å². The number of nitrogens with two attached hydrogens (primary N) is 1. The van der Waals surface area contributed by atoms with E-state index in [0.29, 0.717) is 49.9 Å². The fourth-order valence-electron chi connectivity index (χ4n) is 7.48. The summed E-state index contributed by atoms with van der Waals surface area (Å²) in [6, 6.07) is 18.6. The van der Waals surface area contributed by atoms with Crippen LogP contribution in [0.5, 0.6) is 5.75 Å². The molecule has 5 rings (SSSR count). The van der Waals surface area contributed by atoms with Crippen molar-refractivity contribution in [3.63, 3.8) is 0 Å². The molecule has 3 aromatic rings. The molecule has 2 heterocycles. The summed E-state index contributed by atoms with van der Waals surface area (Å²) in [6.07, 6.45) is 1.46. The van der Waals surface area contributed by atoms with E-state index in [1.807, 2.05) is 102 Å². The average molecular weight is 761 g/mol. The molecule has 0 bridgehead atoms.